The zero-order valence-corrected chi connectivity index (χ0v) is 11.5. The van der Waals surface area contributed by atoms with E-state index in [0.29, 0.717) is 19.4 Å². The second-order valence-corrected chi connectivity index (χ2v) is 5.21. The second-order valence-electron chi connectivity index (χ2n) is 5.21. The molecule has 6 N–H and O–H groups in total. The molecule has 0 saturated carbocycles. The predicted molar refractivity (Wildman–Crippen MR) is 70.3 cm³/mol. The summed E-state index contributed by atoms with van der Waals surface area (Å²) in [6.45, 7) is 3.04. The van der Waals surface area contributed by atoms with Crippen LogP contribution in [0.3, 0.4) is 0 Å². The Morgan fingerprint density at radius 3 is 2.37 bits per heavy atom. The average Bonchev–Trinajstić information content (AvgIpc) is 2.26. The van der Waals surface area contributed by atoms with Crippen LogP contribution in [0.25, 0.3) is 0 Å². The Labute approximate surface area is 112 Å². The highest BCUT2D eigenvalue weighted by atomic mass is 19.1. The molecule has 0 unspecified atom stereocenters. The molecule has 0 bridgehead atoms. The molecule has 6 nitrogen and oxygen atoms in total. The first kappa shape index (κ1) is 17.8. The largest absolute Gasteiger partial charge is 0.480 e. The number of halogens is 1. The summed E-state index contributed by atoms with van der Waals surface area (Å²) < 4.78 is 13.4. The molecule has 0 heterocycles. The Morgan fingerprint density at radius 2 is 1.95 bits per heavy atom. The van der Waals surface area contributed by atoms with Crippen LogP contribution in [-0.4, -0.2) is 41.3 Å². The quantitative estimate of drug-likeness (QED) is 0.447. The number of aliphatic carboxylic acids is 1. The Hall–Kier alpha value is -1.21. The topological polar surface area (TPSA) is 118 Å². The van der Waals surface area contributed by atoms with Crippen LogP contribution in [0, 0.1) is 0 Å². The minimum absolute atomic E-state index is 0.302. The normalized spacial score (nSPS) is 14.8. The molecule has 2 atom stereocenters. The molecular formula is C12H24FN3O3. The van der Waals surface area contributed by atoms with Crippen LogP contribution in [0.15, 0.2) is 0 Å². The van der Waals surface area contributed by atoms with Crippen molar-refractivity contribution in [3.05, 3.63) is 0 Å². The van der Waals surface area contributed by atoms with Crippen LogP contribution in [0.1, 0.15) is 39.5 Å². The highest BCUT2D eigenvalue weighted by Crippen LogP contribution is 2.16. The summed E-state index contributed by atoms with van der Waals surface area (Å²) in [5.74, 6) is -1.85. The number of hydrogen-bond donors (Lipinski definition) is 4. The summed E-state index contributed by atoms with van der Waals surface area (Å²) in [4.78, 5) is 22.6. The standard InChI is InChI=1S/C12H24FN3O3/c1-12(2,13)7-9(11(18)19)16-10(17)8(15)5-3-4-6-14/h8-9H,3-7,14-15H2,1-2H3,(H,16,17)(H,18,19)/t8-,9-/m0/s1. The Morgan fingerprint density at radius 1 is 1.37 bits per heavy atom. The maximum absolute atomic E-state index is 13.4. The average molecular weight is 277 g/mol. The molecule has 0 aliphatic heterocycles. The van der Waals surface area contributed by atoms with Crippen molar-refractivity contribution in [2.24, 2.45) is 11.5 Å². The van der Waals surface area contributed by atoms with Crippen molar-refractivity contribution in [3.63, 3.8) is 0 Å². The molecule has 112 valence electrons. The Kier molecular flexibility index (Phi) is 7.55. The van der Waals surface area contributed by atoms with Crippen LogP contribution >= 0.6 is 0 Å². The van der Waals surface area contributed by atoms with Crippen LogP contribution in [0.2, 0.25) is 0 Å². The van der Waals surface area contributed by atoms with E-state index in [0.717, 1.165) is 6.42 Å². The van der Waals surface area contributed by atoms with E-state index >= 15 is 0 Å². The third kappa shape index (κ3) is 8.50. The minimum atomic E-state index is -1.68. The smallest absolute Gasteiger partial charge is 0.326 e. The summed E-state index contributed by atoms with van der Waals surface area (Å²) >= 11 is 0. The molecule has 0 rings (SSSR count). The van der Waals surface area contributed by atoms with Gasteiger partial charge in [-0.15, -0.1) is 0 Å². The van der Waals surface area contributed by atoms with E-state index in [-0.39, 0.29) is 6.42 Å². The van der Waals surface area contributed by atoms with E-state index in [4.69, 9.17) is 16.6 Å². The van der Waals surface area contributed by atoms with Gasteiger partial charge in [0.2, 0.25) is 5.91 Å². The number of hydrogen-bond acceptors (Lipinski definition) is 4. The number of unbranched alkanes of at least 4 members (excludes halogenated alkanes) is 1. The lowest BCUT2D eigenvalue weighted by Gasteiger charge is -2.22. The fourth-order valence-electron chi connectivity index (χ4n) is 1.60. The number of carboxylic acids is 1. The van der Waals surface area contributed by atoms with Crippen LogP contribution < -0.4 is 16.8 Å². The van der Waals surface area contributed by atoms with Crippen molar-refractivity contribution in [2.75, 3.05) is 6.54 Å². The molecule has 0 aliphatic rings. The van der Waals surface area contributed by atoms with Crippen LogP contribution in [-0.2, 0) is 9.59 Å². The number of nitrogens with one attached hydrogen (secondary N) is 1. The molecule has 0 aliphatic carbocycles. The van der Waals surface area contributed by atoms with Gasteiger partial charge >= 0.3 is 5.97 Å². The predicted octanol–water partition coefficient (Wildman–Crippen LogP) is 0.150. The van der Waals surface area contributed by atoms with Gasteiger partial charge in [0, 0.05) is 6.42 Å². The van der Waals surface area contributed by atoms with E-state index < -0.39 is 29.6 Å². The number of nitrogens with two attached hydrogens (primary N) is 2. The highest BCUT2D eigenvalue weighted by Gasteiger charge is 2.29. The van der Waals surface area contributed by atoms with Gasteiger partial charge in [0.05, 0.1) is 6.04 Å². The lowest BCUT2D eigenvalue weighted by molar-refractivity contribution is -0.143. The van der Waals surface area contributed by atoms with Crippen molar-refractivity contribution >= 4 is 11.9 Å². The van der Waals surface area contributed by atoms with Crippen molar-refractivity contribution in [1.82, 2.24) is 5.32 Å². The monoisotopic (exact) mass is 277 g/mol. The third-order valence-corrected chi connectivity index (χ3v) is 2.61. The number of carbonyl (C=O) groups is 2. The van der Waals surface area contributed by atoms with Crippen molar-refractivity contribution in [1.29, 1.82) is 0 Å². The molecule has 0 aromatic rings. The SMILES string of the molecule is CC(C)(F)C[C@H](NC(=O)[C@@H](N)CCCCN)C(=O)O. The van der Waals surface area contributed by atoms with E-state index in [2.05, 4.69) is 5.32 Å². The van der Waals surface area contributed by atoms with Crippen molar-refractivity contribution in [2.45, 2.75) is 57.3 Å². The van der Waals surface area contributed by atoms with E-state index in [1.54, 1.807) is 0 Å². The van der Waals surface area contributed by atoms with Gasteiger partial charge in [-0.2, -0.15) is 0 Å². The molecule has 0 aromatic carbocycles. The zero-order valence-electron chi connectivity index (χ0n) is 11.5. The van der Waals surface area contributed by atoms with Gasteiger partial charge in [0.1, 0.15) is 11.7 Å². The first-order valence-electron chi connectivity index (χ1n) is 6.35. The summed E-state index contributed by atoms with van der Waals surface area (Å²) in [5.41, 5.74) is 9.27. The maximum Gasteiger partial charge on any atom is 0.326 e. The van der Waals surface area contributed by atoms with Gasteiger partial charge < -0.3 is 21.9 Å². The van der Waals surface area contributed by atoms with Gasteiger partial charge in [0.25, 0.3) is 0 Å². The molecule has 0 radical (unpaired) electrons. The number of alkyl halides is 1. The molecular weight excluding hydrogens is 253 g/mol. The van der Waals surface area contributed by atoms with E-state index in [1.165, 1.54) is 13.8 Å². The lowest BCUT2D eigenvalue weighted by atomic mass is 10.00. The molecule has 0 fully saturated rings. The third-order valence-electron chi connectivity index (χ3n) is 2.61. The minimum Gasteiger partial charge on any atom is -0.480 e. The van der Waals surface area contributed by atoms with Crippen molar-refractivity contribution in [3.8, 4) is 0 Å². The van der Waals surface area contributed by atoms with Gasteiger partial charge in [-0.25, -0.2) is 9.18 Å². The highest BCUT2D eigenvalue weighted by molar-refractivity contribution is 5.86. The number of carbonyl (C=O) groups excluding carboxylic acids is 1. The Balaban J connectivity index is 4.35. The van der Waals surface area contributed by atoms with Crippen LogP contribution in [0.5, 0.6) is 0 Å². The molecule has 19 heavy (non-hydrogen) atoms. The molecule has 0 spiro atoms. The van der Waals surface area contributed by atoms with E-state index in [1.807, 2.05) is 0 Å². The van der Waals surface area contributed by atoms with Crippen LogP contribution in [0.4, 0.5) is 4.39 Å². The van der Waals surface area contributed by atoms with Gasteiger partial charge in [-0.1, -0.05) is 6.42 Å². The van der Waals surface area contributed by atoms with Gasteiger partial charge in [-0.3, -0.25) is 4.79 Å². The van der Waals surface area contributed by atoms with E-state index in [9.17, 15) is 14.0 Å². The van der Waals surface area contributed by atoms with Crippen molar-refractivity contribution < 1.29 is 19.1 Å². The van der Waals surface area contributed by atoms with Gasteiger partial charge in [-0.05, 0) is 33.2 Å². The summed E-state index contributed by atoms with van der Waals surface area (Å²) in [5, 5.41) is 11.2. The summed E-state index contributed by atoms with van der Waals surface area (Å²) in [6, 6.07) is -2.07. The fourth-order valence-corrected chi connectivity index (χ4v) is 1.60. The number of rotatable bonds is 9. The molecule has 1 amide bonds. The second kappa shape index (κ2) is 8.06. The lowest BCUT2D eigenvalue weighted by Crippen LogP contribution is -2.50. The Bertz CT molecular complexity index is 305. The summed E-state index contributed by atoms with van der Waals surface area (Å²) in [7, 11) is 0. The first-order valence-corrected chi connectivity index (χ1v) is 6.35. The van der Waals surface area contributed by atoms with Gasteiger partial charge in [0.15, 0.2) is 0 Å². The fraction of sp³-hybridized carbons (Fsp3) is 0.833. The molecule has 0 aromatic heterocycles. The first-order chi connectivity index (χ1) is 8.67. The molecule has 7 heteroatoms. The summed E-state index contributed by atoms with van der Waals surface area (Å²) in [6.07, 6.45) is 1.57. The molecule has 0 saturated heterocycles. The maximum atomic E-state index is 13.4. The number of carboxylic acid groups (broad SMARTS) is 1. The zero-order chi connectivity index (χ0) is 15.1. The number of amides is 1.